The van der Waals surface area contributed by atoms with Crippen LogP contribution in [0.15, 0.2) is 24.3 Å². The van der Waals surface area contributed by atoms with Gasteiger partial charge < -0.3 is 4.90 Å². The maximum absolute atomic E-state index is 12.6. The number of H-pyrrole nitrogens is 1. The molecule has 1 amide bonds. The third-order valence-corrected chi connectivity index (χ3v) is 5.00. The van der Waals surface area contributed by atoms with Gasteiger partial charge in [0.15, 0.2) is 0 Å². The lowest BCUT2D eigenvalue weighted by Gasteiger charge is -2.21. The Balaban J connectivity index is 1.46. The summed E-state index contributed by atoms with van der Waals surface area (Å²) >= 11 is 5.91. The monoisotopic (exact) mass is 375 g/mol. The average molecular weight is 376 g/mol. The molecule has 0 atom stereocenters. The Labute approximate surface area is 159 Å². The highest BCUT2D eigenvalue weighted by molar-refractivity contribution is 6.30. The Hall–Kier alpha value is -1.92. The number of aromatic nitrogens is 3. The maximum Gasteiger partial charge on any atom is 0.222 e. The second-order valence-corrected chi connectivity index (χ2v) is 7.13. The van der Waals surface area contributed by atoms with Crippen molar-refractivity contribution in [1.29, 1.82) is 0 Å². The molecule has 26 heavy (non-hydrogen) atoms. The zero-order chi connectivity index (χ0) is 18.4. The smallest absolute Gasteiger partial charge is 0.222 e. The van der Waals surface area contributed by atoms with E-state index >= 15 is 0 Å². The molecule has 1 aromatic carbocycles. The molecule has 140 valence electrons. The molecule has 0 spiro atoms. The maximum atomic E-state index is 12.6. The number of nitrogens with zero attached hydrogens (tertiary/aromatic N) is 4. The second kappa shape index (κ2) is 9.14. The molecule has 2 aromatic rings. The molecule has 7 heteroatoms. The molecule has 1 aromatic heterocycles. The van der Waals surface area contributed by atoms with Crippen LogP contribution in [0.5, 0.6) is 0 Å². The molecule has 1 saturated heterocycles. The van der Waals surface area contributed by atoms with Crippen LogP contribution in [-0.2, 0) is 24.2 Å². The minimum absolute atomic E-state index is 0.231. The quantitative estimate of drug-likeness (QED) is 0.843. The lowest BCUT2D eigenvalue weighted by Crippen LogP contribution is -2.35. The molecule has 0 radical (unpaired) electrons. The van der Waals surface area contributed by atoms with Gasteiger partial charge in [0.2, 0.25) is 5.91 Å². The molecular formula is C19H26ClN5O. The number of aromatic amines is 1. The SMILES string of the molecule is CCc1n[nH]c(CN2CCCN(C(=O)CCc3ccc(Cl)cc3)CC2)n1. The van der Waals surface area contributed by atoms with Gasteiger partial charge >= 0.3 is 0 Å². The van der Waals surface area contributed by atoms with Gasteiger partial charge in [-0.2, -0.15) is 5.10 Å². The van der Waals surface area contributed by atoms with Crippen molar-refractivity contribution in [2.75, 3.05) is 26.2 Å². The molecule has 0 saturated carbocycles. The fraction of sp³-hybridized carbons (Fsp3) is 0.526. The molecule has 0 aliphatic carbocycles. The lowest BCUT2D eigenvalue weighted by atomic mass is 10.1. The van der Waals surface area contributed by atoms with E-state index in [2.05, 4.69) is 20.1 Å². The summed E-state index contributed by atoms with van der Waals surface area (Å²) in [5.74, 6) is 1.99. The second-order valence-electron chi connectivity index (χ2n) is 6.69. The van der Waals surface area contributed by atoms with Crippen molar-refractivity contribution in [2.24, 2.45) is 0 Å². The summed E-state index contributed by atoms with van der Waals surface area (Å²) in [6.07, 6.45) is 3.13. The molecule has 1 N–H and O–H groups in total. The molecule has 6 nitrogen and oxygen atoms in total. The van der Waals surface area contributed by atoms with Crippen molar-refractivity contribution in [3.63, 3.8) is 0 Å². The van der Waals surface area contributed by atoms with Gasteiger partial charge in [0.05, 0.1) is 6.54 Å². The summed E-state index contributed by atoms with van der Waals surface area (Å²) in [6, 6.07) is 7.72. The number of aryl methyl sites for hydroxylation is 2. The number of benzene rings is 1. The van der Waals surface area contributed by atoms with Crippen molar-refractivity contribution >= 4 is 17.5 Å². The van der Waals surface area contributed by atoms with Crippen LogP contribution in [0.4, 0.5) is 0 Å². The van der Waals surface area contributed by atoms with Crippen molar-refractivity contribution in [3.05, 3.63) is 46.5 Å². The van der Waals surface area contributed by atoms with Gasteiger partial charge in [0.25, 0.3) is 0 Å². The summed E-state index contributed by atoms with van der Waals surface area (Å²) in [4.78, 5) is 21.4. The Morgan fingerprint density at radius 2 is 2.00 bits per heavy atom. The van der Waals surface area contributed by atoms with E-state index in [1.807, 2.05) is 36.1 Å². The molecule has 1 fully saturated rings. The van der Waals surface area contributed by atoms with Gasteiger partial charge in [0.1, 0.15) is 11.6 Å². The van der Waals surface area contributed by atoms with E-state index in [-0.39, 0.29) is 5.91 Å². The topological polar surface area (TPSA) is 65.1 Å². The molecule has 1 aliphatic rings. The first-order valence-electron chi connectivity index (χ1n) is 9.28. The third kappa shape index (κ3) is 5.29. The number of rotatable bonds is 6. The Morgan fingerprint density at radius 1 is 1.19 bits per heavy atom. The normalized spacial score (nSPS) is 15.8. The first-order chi connectivity index (χ1) is 12.6. The number of nitrogens with one attached hydrogen (secondary N) is 1. The summed E-state index contributed by atoms with van der Waals surface area (Å²) in [5, 5.41) is 7.93. The number of hydrogen-bond acceptors (Lipinski definition) is 4. The van der Waals surface area contributed by atoms with Crippen LogP contribution >= 0.6 is 11.6 Å². The summed E-state index contributed by atoms with van der Waals surface area (Å²) in [6.45, 7) is 6.25. The van der Waals surface area contributed by atoms with Crippen LogP contribution in [0.25, 0.3) is 0 Å². The molecule has 3 rings (SSSR count). The van der Waals surface area contributed by atoms with Crippen LogP contribution in [0.2, 0.25) is 5.02 Å². The fourth-order valence-electron chi connectivity index (χ4n) is 3.21. The summed E-state index contributed by atoms with van der Waals surface area (Å²) in [5.41, 5.74) is 1.15. The fourth-order valence-corrected chi connectivity index (χ4v) is 3.34. The molecule has 0 unspecified atom stereocenters. The third-order valence-electron chi connectivity index (χ3n) is 4.75. The number of amides is 1. The van der Waals surface area contributed by atoms with E-state index in [1.54, 1.807) is 0 Å². The summed E-state index contributed by atoms with van der Waals surface area (Å²) in [7, 11) is 0. The van der Waals surface area contributed by atoms with Crippen LogP contribution in [0.1, 0.15) is 37.0 Å². The van der Waals surface area contributed by atoms with E-state index in [1.165, 1.54) is 0 Å². The first kappa shape index (κ1) is 18.9. The van der Waals surface area contributed by atoms with E-state index < -0.39 is 0 Å². The van der Waals surface area contributed by atoms with Crippen molar-refractivity contribution in [1.82, 2.24) is 25.0 Å². The largest absolute Gasteiger partial charge is 0.341 e. The minimum Gasteiger partial charge on any atom is -0.341 e. The van der Waals surface area contributed by atoms with Crippen LogP contribution in [0.3, 0.4) is 0 Å². The Kier molecular flexibility index (Phi) is 6.63. The highest BCUT2D eigenvalue weighted by Gasteiger charge is 2.19. The van der Waals surface area contributed by atoms with Crippen LogP contribution in [-0.4, -0.2) is 57.1 Å². The number of carbonyl (C=O) groups excluding carboxylic acids is 1. The van der Waals surface area contributed by atoms with Gasteiger partial charge in [-0.3, -0.25) is 14.8 Å². The van der Waals surface area contributed by atoms with Gasteiger partial charge in [0, 0.05) is 44.0 Å². The van der Waals surface area contributed by atoms with E-state index in [0.717, 1.165) is 74.2 Å². The van der Waals surface area contributed by atoms with Crippen LogP contribution < -0.4 is 0 Å². The highest BCUT2D eigenvalue weighted by atomic mass is 35.5. The van der Waals surface area contributed by atoms with E-state index in [4.69, 9.17) is 11.6 Å². The van der Waals surface area contributed by atoms with Gasteiger partial charge in [-0.05, 0) is 30.5 Å². The molecular weight excluding hydrogens is 350 g/mol. The number of carbonyl (C=O) groups is 1. The van der Waals surface area contributed by atoms with Crippen molar-refractivity contribution in [2.45, 2.75) is 39.2 Å². The first-order valence-corrected chi connectivity index (χ1v) is 9.66. The molecule has 2 heterocycles. The average Bonchev–Trinajstić information content (AvgIpc) is 2.98. The Morgan fingerprint density at radius 3 is 2.73 bits per heavy atom. The summed E-state index contributed by atoms with van der Waals surface area (Å²) < 4.78 is 0. The predicted molar refractivity (Wildman–Crippen MR) is 102 cm³/mol. The molecule has 1 aliphatic heterocycles. The molecule has 0 bridgehead atoms. The number of hydrogen-bond donors (Lipinski definition) is 1. The standard InChI is InChI=1S/C19H26ClN5O/c1-2-17-21-18(23-22-17)14-24-10-3-11-25(13-12-24)19(26)9-6-15-4-7-16(20)8-5-15/h4-5,7-8H,2-3,6,9-14H2,1H3,(H,21,22,23). The van der Waals surface area contributed by atoms with Crippen molar-refractivity contribution in [3.8, 4) is 0 Å². The van der Waals surface area contributed by atoms with E-state index in [0.29, 0.717) is 6.42 Å². The van der Waals surface area contributed by atoms with Gasteiger partial charge in [-0.15, -0.1) is 0 Å². The van der Waals surface area contributed by atoms with Crippen molar-refractivity contribution < 1.29 is 4.79 Å². The predicted octanol–water partition coefficient (Wildman–Crippen LogP) is 2.69. The van der Waals surface area contributed by atoms with Crippen LogP contribution in [0, 0.1) is 0 Å². The van der Waals surface area contributed by atoms with Gasteiger partial charge in [-0.25, -0.2) is 4.98 Å². The highest BCUT2D eigenvalue weighted by Crippen LogP contribution is 2.13. The van der Waals surface area contributed by atoms with Gasteiger partial charge in [-0.1, -0.05) is 30.7 Å². The lowest BCUT2D eigenvalue weighted by molar-refractivity contribution is -0.131. The number of halogens is 1. The minimum atomic E-state index is 0.231. The zero-order valence-corrected chi connectivity index (χ0v) is 16.0. The van der Waals surface area contributed by atoms with E-state index in [9.17, 15) is 4.79 Å². The Bertz CT molecular complexity index is 715. The zero-order valence-electron chi connectivity index (χ0n) is 15.2.